The van der Waals surface area contributed by atoms with Gasteiger partial charge in [0.25, 0.3) is 0 Å². The molecule has 0 bridgehead atoms. The number of piperidine rings is 1. The molecule has 0 aromatic carbocycles. The second-order valence-corrected chi connectivity index (χ2v) is 4.25. The van der Waals surface area contributed by atoms with Gasteiger partial charge in [0, 0.05) is 31.4 Å². The second kappa shape index (κ2) is 5.61. The van der Waals surface area contributed by atoms with Gasteiger partial charge in [-0.25, -0.2) is 19.2 Å². The van der Waals surface area contributed by atoms with E-state index in [1.165, 1.54) is 0 Å². The van der Waals surface area contributed by atoms with Crippen LogP contribution in [0, 0.1) is 5.92 Å². The van der Waals surface area contributed by atoms with E-state index in [0.29, 0.717) is 25.5 Å². The number of rotatable bonds is 3. The van der Waals surface area contributed by atoms with E-state index in [-0.39, 0.29) is 12.5 Å². The minimum atomic E-state index is -1.15. The Morgan fingerprint density at radius 1 is 1.56 bits per heavy atom. The number of halogens is 1. The standard InChI is InChI=1S/C11H15FN4O2/c12-9-7-16(11(17)18)5-2-8(9)6-15-10-13-3-1-4-14-10/h1,3-4,8-9H,2,5-7H2,(H,17,18)(H,13,14,15). The van der Waals surface area contributed by atoms with Crippen LogP contribution < -0.4 is 5.32 Å². The van der Waals surface area contributed by atoms with Crippen molar-refractivity contribution in [1.29, 1.82) is 0 Å². The van der Waals surface area contributed by atoms with Crippen molar-refractivity contribution >= 4 is 12.0 Å². The number of likely N-dealkylation sites (tertiary alicyclic amines) is 1. The number of hydrogen-bond acceptors (Lipinski definition) is 4. The van der Waals surface area contributed by atoms with Crippen LogP contribution >= 0.6 is 0 Å². The molecule has 6 nitrogen and oxygen atoms in total. The van der Waals surface area contributed by atoms with Crippen LogP contribution in [0.15, 0.2) is 18.5 Å². The molecule has 2 atom stereocenters. The van der Waals surface area contributed by atoms with E-state index < -0.39 is 12.3 Å². The van der Waals surface area contributed by atoms with E-state index in [9.17, 15) is 9.18 Å². The summed E-state index contributed by atoms with van der Waals surface area (Å²) in [6.07, 6.45) is 1.51. The Bertz CT molecular complexity index is 403. The molecule has 0 spiro atoms. The van der Waals surface area contributed by atoms with Crippen LogP contribution in [0.2, 0.25) is 0 Å². The molecule has 1 aromatic heterocycles. The molecule has 18 heavy (non-hydrogen) atoms. The maximum absolute atomic E-state index is 13.8. The predicted octanol–water partition coefficient (Wildman–Crippen LogP) is 1.23. The molecular formula is C11H15FN4O2. The Labute approximate surface area is 104 Å². The highest BCUT2D eigenvalue weighted by Crippen LogP contribution is 2.20. The summed E-state index contributed by atoms with van der Waals surface area (Å²) < 4.78 is 13.8. The summed E-state index contributed by atoms with van der Waals surface area (Å²) in [5, 5.41) is 11.7. The van der Waals surface area contributed by atoms with Crippen molar-refractivity contribution in [2.24, 2.45) is 5.92 Å². The van der Waals surface area contributed by atoms with Gasteiger partial charge in [0.2, 0.25) is 5.95 Å². The number of aromatic nitrogens is 2. The van der Waals surface area contributed by atoms with E-state index in [0.717, 1.165) is 4.90 Å². The van der Waals surface area contributed by atoms with Gasteiger partial charge in [0.05, 0.1) is 6.54 Å². The molecule has 1 fully saturated rings. The number of hydrogen-bond donors (Lipinski definition) is 2. The molecule has 0 aliphatic carbocycles. The molecule has 2 N–H and O–H groups in total. The number of carboxylic acid groups (broad SMARTS) is 1. The highest BCUT2D eigenvalue weighted by molar-refractivity contribution is 5.65. The maximum atomic E-state index is 13.8. The Balaban J connectivity index is 1.83. The van der Waals surface area contributed by atoms with Crippen molar-refractivity contribution in [2.75, 3.05) is 25.0 Å². The summed E-state index contributed by atoms with van der Waals surface area (Å²) in [5.74, 6) is 0.259. The molecule has 1 aromatic rings. The number of anilines is 1. The van der Waals surface area contributed by atoms with Gasteiger partial charge in [-0.2, -0.15) is 0 Å². The predicted molar refractivity (Wildman–Crippen MR) is 63.1 cm³/mol. The molecule has 2 heterocycles. The fourth-order valence-electron chi connectivity index (χ4n) is 1.97. The van der Waals surface area contributed by atoms with Crippen LogP contribution in [0.3, 0.4) is 0 Å². The van der Waals surface area contributed by atoms with Crippen LogP contribution in [-0.2, 0) is 0 Å². The molecule has 2 rings (SSSR count). The second-order valence-electron chi connectivity index (χ2n) is 4.25. The number of alkyl halides is 1. The van der Waals surface area contributed by atoms with Crippen LogP contribution in [0.25, 0.3) is 0 Å². The van der Waals surface area contributed by atoms with Crippen molar-refractivity contribution in [1.82, 2.24) is 14.9 Å². The Hall–Kier alpha value is -1.92. The zero-order valence-corrected chi connectivity index (χ0v) is 9.79. The molecular weight excluding hydrogens is 239 g/mol. The van der Waals surface area contributed by atoms with Crippen LogP contribution in [0.1, 0.15) is 6.42 Å². The third-order valence-electron chi connectivity index (χ3n) is 3.03. The quantitative estimate of drug-likeness (QED) is 0.848. The highest BCUT2D eigenvalue weighted by atomic mass is 19.1. The molecule has 1 saturated heterocycles. The van der Waals surface area contributed by atoms with E-state index in [1.807, 2.05) is 0 Å². The zero-order chi connectivity index (χ0) is 13.0. The molecule has 98 valence electrons. The topological polar surface area (TPSA) is 78.4 Å². The third kappa shape index (κ3) is 3.06. The smallest absolute Gasteiger partial charge is 0.407 e. The number of carbonyl (C=O) groups is 1. The monoisotopic (exact) mass is 254 g/mol. The van der Waals surface area contributed by atoms with E-state index in [2.05, 4.69) is 15.3 Å². The van der Waals surface area contributed by atoms with Gasteiger partial charge in [-0.3, -0.25) is 0 Å². The largest absolute Gasteiger partial charge is 0.465 e. The fraction of sp³-hybridized carbons (Fsp3) is 0.545. The number of nitrogens with one attached hydrogen (secondary N) is 1. The Morgan fingerprint density at radius 2 is 2.28 bits per heavy atom. The van der Waals surface area contributed by atoms with E-state index in [1.54, 1.807) is 18.5 Å². The number of amides is 1. The van der Waals surface area contributed by atoms with Crippen LogP contribution in [-0.4, -0.2) is 51.9 Å². The number of nitrogens with zero attached hydrogens (tertiary/aromatic N) is 3. The van der Waals surface area contributed by atoms with Crippen molar-refractivity contribution in [3.8, 4) is 0 Å². The summed E-state index contributed by atoms with van der Waals surface area (Å²) in [6.45, 7) is 0.730. The van der Waals surface area contributed by atoms with Crippen molar-refractivity contribution in [3.05, 3.63) is 18.5 Å². The average molecular weight is 254 g/mol. The van der Waals surface area contributed by atoms with Gasteiger partial charge in [0.1, 0.15) is 6.17 Å². The van der Waals surface area contributed by atoms with Gasteiger partial charge in [-0.1, -0.05) is 0 Å². The molecule has 0 radical (unpaired) electrons. The van der Waals surface area contributed by atoms with Gasteiger partial charge in [-0.15, -0.1) is 0 Å². The van der Waals surface area contributed by atoms with Gasteiger partial charge < -0.3 is 15.3 Å². The molecule has 1 aliphatic rings. The summed E-state index contributed by atoms with van der Waals surface area (Å²) in [6, 6.07) is 1.70. The zero-order valence-electron chi connectivity index (χ0n) is 9.79. The first-order chi connectivity index (χ1) is 8.66. The summed E-state index contributed by atoms with van der Waals surface area (Å²) >= 11 is 0. The Morgan fingerprint density at radius 3 is 2.89 bits per heavy atom. The molecule has 1 amide bonds. The Kier molecular flexibility index (Phi) is 3.91. The molecule has 0 saturated carbocycles. The first-order valence-electron chi connectivity index (χ1n) is 5.79. The molecule has 1 aliphatic heterocycles. The third-order valence-corrected chi connectivity index (χ3v) is 3.03. The maximum Gasteiger partial charge on any atom is 0.407 e. The lowest BCUT2D eigenvalue weighted by Crippen LogP contribution is -2.46. The average Bonchev–Trinajstić information content (AvgIpc) is 2.38. The first kappa shape index (κ1) is 12.5. The molecule has 2 unspecified atom stereocenters. The SMILES string of the molecule is O=C(O)N1CCC(CNc2ncccn2)C(F)C1. The van der Waals surface area contributed by atoms with E-state index in [4.69, 9.17) is 5.11 Å². The van der Waals surface area contributed by atoms with Gasteiger partial charge in [0.15, 0.2) is 0 Å². The van der Waals surface area contributed by atoms with Crippen molar-refractivity contribution in [3.63, 3.8) is 0 Å². The minimum absolute atomic E-state index is 0.0582. The fourth-order valence-corrected chi connectivity index (χ4v) is 1.97. The summed E-state index contributed by atoms with van der Waals surface area (Å²) in [5.41, 5.74) is 0. The van der Waals surface area contributed by atoms with Gasteiger partial charge in [-0.05, 0) is 12.5 Å². The minimum Gasteiger partial charge on any atom is -0.465 e. The lowest BCUT2D eigenvalue weighted by molar-refractivity contribution is 0.0798. The van der Waals surface area contributed by atoms with Gasteiger partial charge >= 0.3 is 6.09 Å². The normalized spacial score (nSPS) is 23.7. The van der Waals surface area contributed by atoms with E-state index >= 15 is 0 Å². The molecule has 7 heteroatoms. The van der Waals surface area contributed by atoms with Crippen molar-refractivity contribution < 1.29 is 14.3 Å². The first-order valence-corrected chi connectivity index (χ1v) is 5.79. The van der Waals surface area contributed by atoms with Crippen LogP contribution in [0.4, 0.5) is 15.1 Å². The lowest BCUT2D eigenvalue weighted by Gasteiger charge is -2.32. The highest BCUT2D eigenvalue weighted by Gasteiger charge is 2.31. The summed E-state index contributed by atoms with van der Waals surface area (Å²) in [4.78, 5) is 19.8. The van der Waals surface area contributed by atoms with Crippen LogP contribution in [0.5, 0.6) is 0 Å². The lowest BCUT2D eigenvalue weighted by atomic mass is 9.95. The summed E-state index contributed by atoms with van der Waals surface area (Å²) in [7, 11) is 0. The van der Waals surface area contributed by atoms with Crippen molar-refractivity contribution in [2.45, 2.75) is 12.6 Å².